The van der Waals surface area contributed by atoms with Crippen LogP contribution in [0.25, 0.3) is 11.8 Å². The van der Waals surface area contributed by atoms with E-state index in [0.29, 0.717) is 22.8 Å². The van der Waals surface area contributed by atoms with Gasteiger partial charge in [-0.05, 0) is 48.9 Å². The monoisotopic (exact) mass is 486 g/mol. The van der Waals surface area contributed by atoms with E-state index in [0.717, 1.165) is 17.1 Å². The Hall–Kier alpha value is -4.79. The van der Waals surface area contributed by atoms with Crippen molar-refractivity contribution < 1.29 is 23.5 Å². The smallest absolute Gasteiger partial charge is 0.268 e. The number of furan rings is 1. The summed E-state index contributed by atoms with van der Waals surface area (Å²) in [5.41, 5.74) is 2.11. The summed E-state index contributed by atoms with van der Waals surface area (Å²) < 4.78 is 17.8. The van der Waals surface area contributed by atoms with Crippen LogP contribution in [0.1, 0.15) is 27.5 Å². The molecule has 0 unspecified atom stereocenters. The molecular weight excluding hydrogens is 460 g/mol. The minimum atomic E-state index is -0.488. The maximum atomic E-state index is 13.2. The highest BCUT2D eigenvalue weighted by Gasteiger charge is 2.18. The molecule has 9 nitrogen and oxygen atoms in total. The summed E-state index contributed by atoms with van der Waals surface area (Å²) in [5, 5.41) is 5.58. The van der Waals surface area contributed by atoms with E-state index in [9.17, 15) is 9.59 Å². The number of carbonyl (C=O) groups is 2. The molecule has 184 valence electrons. The Bertz CT molecular complexity index is 1390. The number of nitrogens with one attached hydrogen (secondary N) is 2. The van der Waals surface area contributed by atoms with Crippen molar-refractivity contribution in [3.8, 4) is 17.2 Å². The van der Waals surface area contributed by atoms with Gasteiger partial charge in [-0.25, -0.2) is 4.98 Å². The number of amides is 2. The molecule has 0 spiro atoms. The number of benzene rings is 2. The second-order valence-electron chi connectivity index (χ2n) is 7.75. The molecule has 0 aliphatic rings. The lowest BCUT2D eigenvalue weighted by Crippen LogP contribution is -2.34. The molecule has 9 heteroatoms. The van der Waals surface area contributed by atoms with Crippen molar-refractivity contribution in [1.82, 2.24) is 20.2 Å². The van der Waals surface area contributed by atoms with E-state index in [1.165, 1.54) is 26.6 Å². The van der Waals surface area contributed by atoms with E-state index < -0.39 is 11.8 Å². The first-order valence-electron chi connectivity index (χ1n) is 11.1. The Labute approximate surface area is 208 Å². The second-order valence-corrected chi connectivity index (χ2v) is 7.75. The fourth-order valence-electron chi connectivity index (χ4n) is 3.64. The van der Waals surface area contributed by atoms with Crippen LogP contribution in [0.15, 0.2) is 83.4 Å². The third-order valence-corrected chi connectivity index (χ3v) is 5.48. The number of ether oxygens (including phenoxy) is 2. The molecule has 2 aromatic carbocycles. The summed E-state index contributed by atoms with van der Waals surface area (Å²) in [6.07, 6.45) is 6.54. The van der Waals surface area contributed by atoms with Gasteiger partial charge < -0.3 is 29.1 Å². The van der Waals surface area contributed by atoms with Gasteiger partial charge in [-0.15, -0.1) is 0 Å². The first-order chi connectivity index (χ1) is 17.5. The van der Waals surface area contributed by atoms with Crippen LogP contribution in [-0.4, -0.2) is 35.6 Å². The van der Waals surface area contributed by atoms with E-state index in [2.05, 4.69) is 15.6 Å². The lowest BCUT2D eigenvalue weighted by Gasteiger charge is -2.15. The van der Waals surface area contributed by atoms with Crippen molar-refractivity contribution in [1.29, 1.82) is 0 Å². The number of aryl methyl sites for hydroxylation is 1. The molecule has 0 aliphatic carbocycles. The van der Waals surface area contributed by atoms with Gasteiger partial charge in [0.05, 0.1) is 26.2 Å². The second kappa shape index (κ2) is 11.1. The van der Waals surface area contributed by atoms with Gasteiger partial charge in [-0.1, -0.05) is 18.2 Å². The highest BCUT2D eigenvalue weighted by atomic mass is 16.5. The Balaban J connectivity index is 1.55. The quantitative estimate of drug-likeness (QED) is 0.348. The Kier molecular flexibility index (Phi) is 7.50. The van der Waals surface area contributed by atoms with Gasteiger partial charge in [-0.3, -0.25) is 9.59 Å². The number of hydrogen-bond donors (Lipinski definition) is 2. The van der Waals surface area contributed by atoms with Crippen LogP contribution in [0.2, 0.25) is 0 Å². The maximum absolute atomic E-state index is 13.2. The largest absolute Gasteiger partial charge is 0.493 e. The molecule has 0 aliphatic heterocycles. The molecule has 0 bridgehead atoms. The average Bonchev–Trinajstić information content (AvgIpc) is 3.58. The van der Waals surface area contributed by atoms with Crippen molar-refractivity contribution in [2.24, 2.45) is 0 Å². The fraction of sp³-hybridized carbons (Fsp3) is 0.148. The number of imidazole rings is 1. The topological polar surface area (TPSA) is 108 Å². The van der Waals surface area contributed by atoms with Crippen molar-refractivity contribution >= 4 is 17.9 Å². The van der Waals surface area contributed by atoms with Crippen LogP contribution >= 0.6 is 0 Å². The van der Waals surface area contributed by atoms with Gasteiger partial charge in [0, 0.05) is 30.6 Å². The molecule has 2 aromatic heterocycles. The summed E-state index contributed by atoms with van der Waals surface area (Å²) >= 11 is 0. The number of hydrogen-bond acceptors (Lipinski definition) is 6. The van der Waals surface area contributed by atoms with E-state index in [1.54, 1.807) is 36.5 Å². The van der Waals surface area contributed by atoms with Gasteiger partial charge in [0.1, 0.15) is 17.3 Å². The van der Waals surface area contributed by atoms with Gasteiger partial charge in [0.15, 0.2) is 11.5 Å². The number of aromatic nitrogens is 2. The van der Waals surface area contributed by atoms with Gasteiger partial charge in [0.2, 0.25) is 0 Å². The highest BCUT2D eigenvalue weighted by Crippen LogP contribution is 2.27. The molecule has 36 heavy (non-hydrogen) atoms. The maximum Gasteiger partial charge on any atom is 0.268 e. The summed E-state index contributed by atoms with van der Waals surface area (Å²) in [7, 11) is 3.00. The minimum absolute atomic E-state index is 0.0287. The van der Waals surface area contributed by atoms with Gasteiger partial charge in [-0.2, -0.15) is 0 Å². The lowest BCUT2D eigenvalue weighted by molar-refractivity contribution is -0.117. The molecule has 2 heterocycles. The van der Waals surface area contributed by atoms with Crippen molar-refractivity contribution in [3.05, 3.63) is 102 Å². The molecule has 4 aromatic rings. The van der Waals surface area contributed by atoms with Crippen LogP contribution in [0.3, 0.4) is 0 Å². The van der Waals surface area contributed by atoms with Crippen LogP contribution in [0.4, 0.5) is 0 Å². The van der Waals surface area contributed by atoms with Crippen LogP contribution in [-0.2, 0) is 11.3 Å². The normalized spacial score (nSPS) is 11.1. The number of rotatable bonds is 9. The lowest BCUT2D eigenvalue weighted by atomic mass is 10.1. The molecule has 0 atom stereocenters. The zero-order chi connectivity index (χ0) is 25.5. The third kappa shape index (κ3) is 5.47. The predicted molar refractivity (Wildman–Crippen MR) is 134 cm³/mol. The Morgan fingerprint density at radius 2 is 1.86 bits per heavy atom. The first-order valence-corrected chi connectivity index (χ1v) is 11.1. The molecule has 0 fully saturated rings. The van der Waals surface area contributed by atoms with Crippen LogP contribution in [0.5, 0.6) is 11.5 Å². The van der Waals surface area contributed by atoms with Gasteiger partial charge in [0.25, 0.3) is 11.8 Å². The zero-order valence-electron chi connectivity index (χ0n) is 20.1. The highest BCUT2D eigenvalue weighted by molar-refractivity contribution is 6.05. The molecule has 2 N–H and O–H groups in total. The fourth-order valence-corrected chi connectivity index (χ4v) is 3.64. The van der Waals surface area contributed by atoms with E-state index in [-0.39, 0.29) is 12.2 Å². The average molecular weight is 487 g/mol. The standard InChI is InChI=1S/C27H26N4O5/c1-18-28-12-13-31(18)23-9-5-4-7-20(23)17-29-27(33)22(16-21-8-6-14-36-21)30-26(32)19-10-11-24(34-2)25(15-19)35-3/h4-16H,17H2,1-3H3,(H,29,33)(H,30,32)/b22-16-. The molecule has 0 saturated heterocycles. The van der Waals surface area contributed by atoms with E-state index in [4.69, 9.17) is 13.9 Å². The number of para-hydroxylation sites is 1. The predicted octanol–water partition coefficient (Wildman–Crippen LogP) is 3.88. The minimum Gasteiger partial charge on any atom is -0.493 e. The molecule has 0 saturated carbocycles. The molecule has 4 rings (SSSR count). The van der Waals surface area contributed by atoms with Crippen LogP contribution < -0.4 is 20.1 Å². The van der Waals surface area contributed by atoms with Gasteiger partial charge >= 0.3 is 0 Å². The Morgan fingerprint density at radius 1 is 1.06 bits per heavy atom. The summed E-state index contributed by atoms with van der Waals surface area (Å²) in [5.74, 6) is 1.18. The third-order valence-electron chi connectivity index (χ3n) is 5.48. The summed E-state index contributed by atoms with van der Waals surface area (Å²) in [6, 6.07) is 15.8. The molecule has 0 radical (unpaired) electrons. The summed E-state index contributed by atoms with van der Waals surface area (Å²) in [6.45, 7) is 2.14. The summed E-state index contributed by atoms with van der Waals surface area (Å²) in [4.78, 5) is 30.5. The molecular formula is C27H26N4O5. The number of nitrogens with zero attached hydrogens (tertiary/aromatic N) is 2. The zero-order valence-corrected chi connectivity index (χ0v) is 20.1. The first kappa shape index (κ1) is 24.3. The van der Waals surface area contributed by atoms with Crippen molar-refractivity contribution in [2.75, 3.05) is 14.2 Å². The van der Waals surface area contributed by atoms with E-state index >= 15 is 0 Å². The Morgan fingerprint density at radius 3 is 2.56 bits per heavy atom. The SMILES string of the molecule is COc1ccc(C(=O)N/C(=C\c2ccco2)C(=O)NCc2ccccc2-n2ccnc2C)cc1OC. The number of methoxy groups -OCH3 is 2. The van der Waals surface area contributed by atoms with Crippen LogP contribution in [0, 0.1) is 6.92 Å². The molecule has 2 amide bonds. The van der Waals surface area contributed by atoms with E-state index in [1.807, 2.05) is 42.0 Å². The van der Waals surface area contributed by atoms with Crippen molar-refractivity contribution in [2.45, 2.75) is 13.5 Å². The van der Waals surface area contributed by atoms with Crippen molar-refractivity contribution in [3.63, 3.8) is 0 Å². The number of carbonyl (C=O) groups excluding carboxylic acids is 2.